The van der Waals surface area contributed by atoms with E-state index < -0.39 is 0 Å². The lowest BCUT2D eigenvalue weighted by atomic mass is 10.1. The third-order valence-corrected chi connectivity index (χ3v) is 2.19. The molecular weight excluding hydrogens is 170 g/mol. The van der Waals surface area contributed by atoms with Crippen LogP contribution in [0.3, 0.4) is 0 Å². The van der Waals surface area contributed by atoms with Crippen molar-refractivity contribution in [2.45, 2.75) is 25.9 Å². The SMILES string of the molecule is COC(C)(C)CN1CC(=O)CC1=O. The molecule has 0 unspecified atom stereocenters. The van der Waals surface area contributed by atoms with Gasteiger partial charge in [0.1, 0.15) is 0 Å². The normalized spacial score (nSPS) is 18.5. The highest BCUT2D eigenvalue weighted by Crippen LogP contribution is 2.14. The van der Waals surface area contributed by atoms with Crippen molar-refractivity contribution in [2.24, 2.45) is 0 Å². The monoisotopic (exact) mass is 185 g/mol. The lowest BCUT2D eigenvalue weighted by Crippen LogP contribution is -2.40. The van der Waals surface area contributed by atoms with Crippen molar-refractivity contribution in [1.82, 2.24) is 4.90 Å². The molecule has 0 aromatic heterocycles. The fraction of sp³-hybridized carbons (Fsp3) is 0.778. The number of rotatable bonds is 3. The minimum atomic E-state index is -0.375. The van der Waals surface area contributed by atoms with Gasteiger partial charge in [-0.1, -0.05) is 0 Å². The number of amides is 1. The van der Waals surface area contributed by atoms with E-state index in [1.807, 2.05) is 13.8 Å². The molecule has 4 heteroatoms. The standard InChI is InChI=1S/C9H15NO3/c1-9(2,13-3)6-10-5-7(11)4-8(10)12/h4-6H2,1-3H3. The van der Waals surface area contributed by atoms with Gasteiger partial charge in [-0.05, 0) is 13.8 Å². The number of ketones is 1. The molecule has 0 saturated carbocycles. The Bertz CT molecular complexity index is 235. The van der Waals surface area contributed by atoms with E-state index in [9.17, 15) is 9.59 Å². The first kappa shape index (κ1) is 10.2. The zero-order chi connectivity index (χ0) is 10.1. The van der Waals surface area contributed by atoms with Crippen LogP contribution in [0.5, 0.6) is 0 Å². The van der Waals surface area contributed by atoms with Gasteiger partial charge in [-0.15, -0.1) is 0 Å². The van der Waals surface area contributed by atoms with Gasteiger partial charge in [-0.25, -0.2) is 0 Å². The summed E-state index contributed by atoms with van der Waals surface area (Å²) >= 11 is 0. The molecule has 0 aromatic rings. The number of hydrogen-bond donors (Lipinski definition) is 0. The maximum absolute atomic E-state index is 11.2. The van der Waals surface area contributed by atoms with E-state index >= 15 is 0 Å². The number of ether oxygens (including phenoxy) is 1. The Hall–Kier alpha value is -0.900. The zero-order valence-electron chi connectivity index (χ0n) is 8.29. The minimum absolute atomic E-state index is 0.00287. The van der Waals surface area contributed by atoms with Crippen LogP contribution in [0.15, 0.2) is 0 Å². The average Bonchev–Trinajstić information content (AvgIpc) is 2.30. The average molecular weight is 185 g/mol. The topological polar surface area (TPSA) is 46.6 Å². The van der Waals surface area contributed by atoms with Crippen LogP contribution in [0, 0.1) is 0 Å². The molecule has 4 nitrogen and oxygen atoms in total. The quantitative estimate of drug-likeness (QED) is 0.591. The van der Waals surface area contributed by atoms with Crippen molar-refractivity contribution in [3.05, 3.63) is 0 Å². The van der Waals surface area contributed by atoms with E-state index in [-0.39, 0.29) is 30.3 Å². The predicted molar refractivity (Wildman–Crippen MR) is 47.3 cm³/mol. The van der Waals surface area contributed by atoms with Crippen molar-refractivity contribution in [2.75, 3.05) is 20.2 Å². The van der Waals surface area contributed by atoms with Crippen molar-refractivity contribution < 1.29 is 14.3 Å². The maximum Gasteiger partial charge on any atom is 0.230 e. The van der Waals surface area contributed by atoms with Crippen LogP contribution in [0.1, 0.15) is 20.3 Å². The van der Waals surface area contributed by atoms with E-state index in [1.165, 1.54) is 0 Å². The van der Waals surface area contributed by atoms with Crippen LogP contribution < -0.4 is 0 Å². The second-order valence-corrected chi connectivity index (χ2v) is 3.93. The molecule has 0 aliphatic carbocycles. The molecule has 74 valence electrons. The van der Waals surface area contributed by atoms with Crippen LogP contribution in [0.2, 0.25) is 0 Å². The second kappa shape index (κ2) is 3.46. The molecule has 1 heterocycles. The van der Waals surface area contributed by atoms with Crippen LogP contribution in [0.4, 0.5) is 0 Å². The van der Waals surface area contributed by atoms with Gasteiger partial charge in [0.25, 0.3) is 0 Å². The lowest BCUT2D eigenvalue weighted by molar-refractivity contribution is -0.130. The van der Waals surface area contributed by atoms with Crippen LogP contribution in [-0.4, -0.2) is 42.4 Å². The molecule has 1 fully saturated rings. The molecular formula is C9H15NO3. The predicted octanol–water partition coefficient (Wildman–Crippen LogP) is 0.213. The Labute approximate surface area is 77.8 Å². The number of nitrogens with zero attached hydrogens (tertiary/aromatic N) is 1. The molecule has 1 aliphatic heterocycles. The Morgan fingerprint density at radius 3 is 2.46 bits per heavy atom. The fourth-order valence-corrected chi connectivity index (χ4v) is 1.31. The third kappa shape index (κ3) is 2.52. The summed E-state index contributed by atoms with van der Waals surface area (Å²) in [6, 6.07) is 0. The number of methoxy groups -OCH3 is 1. The second-order valence-electron chi connectivity index (χ2n) is 3.93. The molecule has 0 N–H and O–H groups in total. The Morgan fingerprint density at radius 1 is 1.46 bits per heavy atom. The first-order chi connectivity index (χ1) is 5.94. The van der Waals surface area contributed by atoms with Crippen LogP contribution in [0.25, 0.3) is 0 Å². The molecule has 13 heavy (non-hydrogen) atoms. The number of hydrogen-bond acceptors (Lipinski definition) is 3. The van der Waals surface area contributed by atoms with Gasteiger partial charge in [-0.3, -0.25) is 9.59 Å². The van der Waals surface area contributed by atoms with Crippen molar-refractivity contribution >= 4 is 11.7 Å². The first-order valence-corrected chi connectivity index (χ1v) is 4.29. The molecule has 1 saturated heterocycles. The van der Waals surface area contributed by atoms with Gasteiger partial charge in [0.2, 0.25) is 5.91 Å². The summed E-state index contributed by atoms with van der Waals surface area (Å²) in [5.41, 5.74) is -0.375. The van der Waals surface area contributed by atoms with E-state index in [2.05, 4.69) is 0 Å². The molecule has 1 amide bonds. The van der Waals surface area contributed by atoms with Crippen molar-refractivity contribution in [3.63, 3.8) is 0 Å². The molecule has 1 rings (SSSR count). The van der Waals surface area contributed by atoms with Gasteiger partial charge in [0.15, 0.2) is 5.78 Å². The first-order valence-electron chi connectivity index (χ1n) is 4.29. The number of carbonyl (C=O) groups excluding carboxylic acids is 2. The Kier molecular flexibility index (Phi) is 2.71. The minimum Gasteiger partial charge on any atom is -0.377 e. The Balaban J connectivity index is 2.55. The molecule has 0 aromatic carbocycles. The number of likely N-dealkylation sites (tertiary alicyclic amines) is 1. The highest BCUT2D eigenvalue weighted by Gasteiger charge is 2.31. The van der Waals surface area contributed by atoms with Gasteiger partial charge >= 0.3 is 0 Å². The summed E-state index contributed by atoms with van der Waals surface area (Å²) in [6.07, 6.45) is 0.0554. The van der Waals surface area contributed by atoms with Crippen molar-refractivity contribution in [1.29, 1.82) is 0 Å². The van der Waals surface area contributed by atoms with E-state index in [4.69, 9.17) is 4.74 Å². The summed E-state index contributed by atoms with van der Waals surface area (Å²) in [7, 11) is 1.60. The van der Waals surface area contributed by atoms with Crippen molar-refractivity contribution in [3.8, 4) is 0 Å². The van der Waals surface area contributed by atoms with E-state index in [0.717, 1.165) is 0 Å². The van der Waals surface area contributed by atoms with E-state index in [1.54, 1.807) is 12.0 Å². The largest absolute Gasteiger partial charge is 0.377 e. The number of carbonyl (C=O) groups is 2. The summed E-state index contributed by atoms with van der Waals surface area (Å²) in [5, 5.41) is 0. The molecule has 1 aliphatic rings. The zero-order valence-corrected chi connectivity index (χ0v) is 8.29. The Morgan fingerprint density at radius 2 is 2.08 bits per heavy atom. The highest BCUT2D eigenvalue weighted by molar-refractivity contribution is 6.05. The van der Waals surface area contributed by atoms with Gasteiger partial charge in [0, 0.05) is 13.7 Å². The molecule has 0 bridgehead atoms. The van der Waals surface area contributed by atoms with Gasteiger partial charge in [0.05, 0.1) is 18.6 Å². The third-order valence-electron chi connectivity index (χ3n) is 2.19. The summed E-state index contributed by atoms with van der Waals surface area (Å²) in [4.78, 5) is 23.7. The van der Waals surface area contributed by atoms with E-state index in [0.29, 0.717) is 6.54 Å². The van der Waals surface area contributed by atoms with Gasteiger partial charge < -0.3 is 9.64 Å². The smallest absolute Gasteiger partial charge is 0.230 e. The molecule has 0 atom stereocenters. The summed E-state index contributed by atoms with van der Waals surface area (Å²) in [6.45, 7) is 4.51. The van der Waals surface area contributed by atoms with Gasteiger partial charge in [-0.2, -0.15) is 0 Å². The summed E-state index contributed by atoms with van der Waals surface area (Å²) < 4.78 is 5.18. The van der Waals surface area contributed by atoms with Crippen LogP contribution in [-0.2, 0) is 14.3 Å². The lowest BCUT2D eigenvalue weighted by Gasteiger charge is -2.28. The molecule has 0 spiro atoms. The number of Topliss-reactive ketones (excluding diaryl/α,β-unsaturated/α-hetero) is 1. The van der Waals surface area contributed by atoms with Crippen LogP contribution >= 0.6 is 0 Å². The highest BCUT2D eigenvalue weighted by atomic mass is 16.5. The maximum atomic E-state index is 11.2. The fourth-order valence-electron chi connectivity index (χ4n) is 1.31. The summed E-state index contributed by atoms with van der Waals surface area (Å²) in [5.74, 6) is -0.0907. The molecule has 0 radical (unpaired) electrons.